The van der Waals surface area contributed by atoms with Gasteiger partial charge in [0.05, 0.1) is 31.6 Å². The fourth-order valence-corrected chi connectivity index (χ4v) is 9.67. The number of hydrogen-bond acceptors (Lipinski definition) is 12. The van der Waals surface area contributed by atoms with Gasteiger partial charge in [0.1, 0.15) is 30.4 Å². The SMILES string of the molecule is C[N+]1([C@@H](CO)C(=O)N2CCC[C@H]2C([NH-])=O)C(=O)[C@@H](NC(=O)CNC(=O)[C@@H]2CCCN2C(=O)C2CCCN2C(=O)CCCCN=C(N)N)Cc2ccccc21.NC(N)=NCCC[C@@H](N[C-]=O)C(=O)O.[CH2-]c1ccccc1.[Li+]. The number of likely N-dealkylation sites (tertiary alicyclic amines) is 3. The van der Waals surface area contributed by atoms with Crippen molar-refractivity contribution in [3.63, 3.8) is 0 Å². The summed E-state index contributed by atoms with van der Waals surface area (Å²) in [6.45, 7) is 4.26. The Balaban J connectivity index is 0.000000575. The second-order valence-electron chi connectivity index (χ2n) is 18.6. The number of aliphatic hydroxyl groups is 1. The summed E-state index contributed by atoms with van der Waals surface area (Å²) in [5.74, 6) is -4.88. The Morgan fingerprint density at radius 2 is 1.41 bits per heavy atom. The molecular weight excluding hydrogens is 980 g/mol. The van der Waals surface area contributed by atoms with Crippen LogP contribution in [0.25, 0.3) is 5.73 Å². The summed E-state index contributed by atoms with van der Waals surface area (Å²) in [4.78, 5) is 126. The third kappa shape index (κ3) is 17.4. The van der Waals surface area contributed by atoms with Crippen LogP contribution >= 0.6 is 0 Å². The number of rotatable bonds is 21. The predicted molar refractivity (Wildman–Crippen MR) is 278 cm³/mol. The monoisotopic (exact) mass is 1050 g/mol. The summed E-state index contributed by atoms with van der Waals surface area (Å²) in [5, 5.41) is 26.5. The van der Waals surface area contributed by atoms with Crippen LogP contribution < -0.4 is 62.2 Å². The Labute approximate surface area is 454 Å². The number of para-hydroxylation sites is 1. The molecule has 4 aliphatic rings. The standard InChI is InChI=1S/C36H52N10O8.C7H13N4O3.C7H7.Li/c1-46(28(21-47)34(53)44-17-6-10-24(44)31(37)50)27-13-3-2-9-22(27)19-23(35(46)54)42-29(48)20-41-32(51)25-11-7-18-45(25)33(52)26-12-8-16-43(26)30(49)14-4-5-15-40-36(38)39;8-7(9)10-3-1-2-5(6(13)14)11-4-12;1-7-5-3-2-4-6-7;/h2-3,9,13,23-26,28,47H,4-8,10-12,14-21H2,1H3,(H7-,37,38,39,40,41,42,48,50,51);5H,1-3H2,(H,11,12)(H,13,14)(H4,8,9,10);2-6H,1H2;/q;2*-1;+1/t23-,24-,25-,26?,28-,46?;5-;;/m01../s1. The molecule has 0 bridgehead atoms. The Kier molecular flexibility index (Phi) is 25.7. The first-order chi connectivity index (χ1) is 35.8. The van der Waals surface area contributed by atoms with Crippen molar-refractivity contribution in [2.75, 3.05) is 52.9 Å². The number of carbonyl (C=O) groups excluding carboxylic acids is 8. The summed E-state index contributed by atoms with van der Waals surface area (Å²) in [6, 6.07) is 10.9. The molecule has 410 valence electrons. The zero-order valence-corrected chi connectivity index (χ0v) is 43.4. The molecular formula is C50H72LiN14O11-. The molecule has 3 fully saturated rings. The fourth-order valence-electron chi connectivity index (χ4n) is 9.67. The Morgan fingerprint density at radius 1 is 0.829 bits per heavy atom. The van der Waals surface area contributed by atoms with Gasteiger partial charge in [-0.3, -0.25) is 38.8 Å². The van der Waals surface area contributed by atoms with E-state index in [9.17, 15) is 48.3 Å². The van der Waals surface area contributed by atoms with Crippen molar-refractivity contribution in [3.8, 4) is 0 Å². The molecule has 25 nitrogen and oxygen atoms in total. The number of carbonyl (C=O) groups is 8. The number of likely N-dealkylation sites (N-methyl/N-ethyl adjacent to an activating group) is 1. The molecule has 2 aromatic carbocycles. The number of amides is 8. The van der Waals surface area contributed by atoms with E-state index in [4.69, 9.17) is 33.8 Å². The molecule has 14 N–H and O–H groups in total. The van der Waals surface area contributed by atoms with Crippen molar-refractivity contribution in [2.45, 2.75) is 113 Å². The zero-order valence-electron chi connectivity index (χ0n) is 43.4. The van der Waals surface area contributed by atoms with E-state index in [0.29, 0.717) is 95.2 Å². The molecule has 6 rings (SSSR count). The van der Waals surface area contributed by atoms with Crippen molar-refractivity contribution in [3.05, 3.63) is 78.4 Å². The molecule has 7 atom stereocenters. The number of benzene rings is 2. The number of aliphatic imine (C=N–C) groups is 2. The molecule has 0 radical (unpaired) electrons. The molecule has 2 unspecified atom stereocenters. The number of aliphatic carboxylic acids is 1. The third-order valence-corrected chi connectivity index (χ3v) is 13.5. The number of hydrogen-bond donors (Lipinski definition) is 9. The van der Waals surface area contributed by atoms with Gasteiger partial charge in [0.15, 0.2) is 11.9 Å². The quantitative estimate of drug-likeness (QED) is 0.0109. The van der Waals surface area contributed by atoms with E-state index in [0.717, 1.165) is 5.56 Å². The van der Waals surface area contributed by atoms with Crippen LogP contribution in [0.4, 0.5) is 5.69 Å². The summed E-state index contributed by atoms with van der Waals surface area (Å²) in [7, 11) is 1.49. The molecule has 4 aliphatic heterocycles. The normalized spacial score (nSPS) is 21.0. The van der Waals surface area contributed by atoms with Crippen molar-refractivity contribution < 1.29 is 72.2 Å². The summed E-state index contributed by atoms with van der Waals surface area (Å²) < 4.78 is -0.671. The maximum absolute atomic E-state index is 14.3. The fraction of sp³-hybridized carbons (Fsp3) is 0.520. The number of quaternary nitrogens is 1. The number of nitrogens with two attached hydrogens (primary N) is 4. The molecule has 76 heavy (non-hydrogen) atoms. The molecule has 0 aromatic heterocycles. The molecule has 26 heteroatoms. The van der Waals surface area contributed by atoms with Crippen LogP contribution in [0.3, 0.4) is 0 Å². The number of unbranched alkanes of at least 4 members (excludes halogenated alkanes) is 1. The van der Waals surface area contributed by atoms with Gasteiger partial charge in [-0.05, 0) is 70.3 Å². The zero-order chi connectivity index (χ0) is 55.2. The molecule has 4 heterocycles. The van der Waals surface area contributed by atoms with Gasteiger partial charge in [-0.25, -0.2) is 9.28 Å². The summed E-state index contributed by atoms with van der Waals surface area (Å²) >= 11 is 0. The molecule has 0 saturated carbocycles. The van der Waals surface area contributed by atoms with E-state index in [2.05, 4.69) is 32.9 Å². The minimum Gasteiger partial charge on any atom is -0.666 e. The van der Waals surface area contributed by atoms with Gasteiger partial charge in [-0.2, -0.15) is 31.0 Å². The van der Waals surface area contributed by atoms with Crippen molar-refractivity contribution >= 4 is 71.3 Å². The number of carboxylic acids is 1. The predicted octanol–water partition coefficient (Wildman–Crippen LogP) is -4.31. The maximum Gasteiger partial charge on any atom is 1.00 e. The maximum atomic E-state index is 14.3. The largest absolute Gasteiger partial charge is 1.00 e. The van der Waals surface area contributed by atoms with Crippen LogP contribution in [-0.2, 0) is 49.6 Å². The summed E-state index contributed by atoms with van der Waals surface area (Å²) in [5.41, 5.74) is 30.7. The van der Waals surface area contributed by atoms with Crippen LogP contribution in [0.15, 0.2) is 64.6 Å². The number of nitrogens with one attached hydrogen (secondary N) is 4. The summed E-state index contributed by atoms with van der Waals surface area (Å²) in [6.07, 6.45) is 6.56. The van der Waals surface area contributed by atoms with Crippen LogP contribution in [-0.4, -0.2) is 180 Å². The third-order valence-electron chi connectivity index (χ3n) is 13.5. The van der Waals surface area contributed by atoms with Crippen LogP contribution in [0.1, 0.15) is 81.8 Å². The van der Waals surface area contributed by atoms with E-state index in [1.807, 2.05) is 30.3 Å². The first-order valence-electron chi connectivity index (χ1n) is 24.9. The second-order valence-corrected chi connectivity index (χ2v) is 18.6. The molecule has 3 saturated heterocycles. The van der Waals surface area contributed by atoms with Crippen molar-refractivity contribution in [2.24, 2.45) is 32.9 Å². The van der Waals surface area contributed by atoms with Crippen LogP contribution in [0.2, 0.25) is 0 Å². The van der Waals surface area contributed by atoms with Crippen LogP contribution in [0, 0.1) is 6.92 Å². The smallest absolute Gasteiger partial charge is 0.666 e. The number of carboxylic acid groups (broad SMARTS) is 1. The number of fused-ring (bicyclic) bond motifs is 1. The Hall–Kier alpha value is -7.20. The molecule has 0 aliphatic carbocycles. The van der Waals surface area contributed by atoms with E-state index in [1.54, 1.807) is 29.2 Å². The number of guanidine groups is 2. The van der Waals surface area contributed by atoms with Gasteiger partial charge in [0, 0.05) is 51.1 Å². The number of aliphatic hydroxyl groups excluding tert-OH is 1. The second kappa shape index (κ2) is 31.0. The first-order valence-corrected chi connectivity index (χ1v) is 24.9. The molecule has 0 spiro atoms. The van der Waals surface area contributed by atoms with E-state index >= 15 is 0 Å². The first kappa shape index (κ1) is 63.1. The van der Waals surface area contributed by atoms with Gasteiger partial charge in [0.2, 0.25) is 29.7 Å². The minimum absolute atomic E-state index is 0. The topological polar surface area (TPSA) is 392 Å². The van der Waals surface area contributed by atoms with E-state index in [-0.39, 0.29) is 68.4 Å². The van der Waals surface area contributed by atoms with Crippen molar-refractivity contribution in [1.82, 2.24) is 35.1 Å². The Bertz CT molecular complexity index is 2390. The molecule has 8 amide bonds. The van der Waals surface area contributed by atoms with Gasteiger partial charge in [-0.1, -0.05) is 24.3 Å². The van der Waals surface area contributed by atoms with Crippen LogP contribution in [0.5, 0.6) is 0 Å². The van der Waals surface area contributed by atoms with Crippen molar-refractivity contribution in [1.29, 1.82) is 0 Å². The van der Waals surface area contributed by atoms with Gasteiger partial charge in [0.25, 0.3) is 5.91 Å². The Morgan fingerprint density at radius 3 is 1.99 bits per heavy atom. The van der Waals surface area contributed by atoms with Gasteiger partial charge < -0.3 is 79.1 Å². The molecule has 2 aromatic rings. The average molecular weight is 1050 g/mol. The van der Waals surface area contributed by atoms with Gasteiger partial charge in [-0.15, -0.1) is 12.1 Å². The minimum atomic E-state index is -1.34. The van der Waals surface area contributed by atoms with Gasteiger partial charge >= 0.3 is 30.7 Å². The van der Waals surface area contributed by atoms with E-state index in [1.165, 1.54) is 23.3 Å². The van der Waals surface area contributed by atoms with E-state index < -0.39 is 89.4 Å². The average Bonchev–Trinajstić information content (AvgIpc) is 4.19. The number of nitrogens with zero attached hydrogens (tertiary/aromatic N) is 6.